The van der Waals surface area contributed by atoms with Gasteiger partial charge in [0.2, 0.25) is 5.91 Å². The maximum absolute atomic E-state index is 13.2. The molecular formula is C25H31NO6. The van der Waals surface area contributed by atoms with Crippen molar-refractivity contribution in [1.82, 2.24) is 4.90 Å². The molecule has 172 valence electrons. The molecule has 1 aliphatic rings. The Kier molecular flexibility index (Phi) is 8.79. The van der Waals surface area contributed by atoms with Gasteiger partial charge in [-0.15, -0.1) is 0 Å². The van der Waals surface area contributed by atoms with E-state index in [0.29, 0.717) is 13.0 Å². The fourth-order valence-electron chi connectivity index (χ4n) is 4.06. The van der Waals surface area contributed by atoms with Crippen LogP contribution in [0.2, 0.25) is 0 Å². The van der Waals surface area contributed by atoms with Crippen molar-refractivity contribution in [3.63, 3.8) is 0 Å². The molecule has 0 N–H and O–H groups in total. The predicted molar refractivity (Wildman–Crippen MR) is 119 cm³/mol. The number of benzene rings is 2. The van der Waals surface area contributed by atoms with Crippen molar-refractivity contribution in [1.29, 1.82) is 0 Å². The summed E-state index contributed by atoms with van der Waals surface area (Å²) in [5.74, 6) is -1.21. The van der Waals surface area contributed by atoms with Gasteiger partial charge in [-0.3, -0.25) is 9.59 Å². The highest BCUT2D eigenvalue weighted by atomic mass is 16.6. The Morgan fingerprint density at radius 1 is 0.906 bits per heavy atom. The first-order valence-electron chi connectivity index (χ1n) is 10.7. The lowest BCUT2D eigenvalue weighted by Crippen LogP contribution is -2.43. The van der Waals surface area contributed by atoms with Crippen molar-refractivity contribution in [3.8, 4) is 0 Å². The summed E-state index contributed by atoms with van der Waals surface area (Å²) in [6.07, 6.45) is -0.851. The molecule has 1 saturated heterocycles. The highest BCUT2D eigenvalue weighted by molar-refractivity contribution is 5.83. The molecule has 7 heteroatoms. The van der Waals surface area contributed by atoms with Gasteiger partial charge < -0.3 is 23.8 Å². The molecule has 1 heterocycles. The van der Waals surface area contributed by atoms with Crippen LogP contribution in [0.15, 0.2) is 60.7 Å². The van der Waals surface area contributed by atoms with E-state index < -0.39 is 24.2 Å². The minimum atomic E-state index is -0.617. The van der Waals surface area contributed by atoms with E-state index in [4.69, 9.17) is 18.9 Å². The highest BCUT2D eigenvalue weighted by Gasteiger charge is 2.45. The second-order valence-electron chi connectivity index (χ2n) is 7.83. The zero-order valence-corrected chi connectivity index (χ0v) is 18.8. The number of amides is 1. The van der Waals surface area contributed by atoms with E-state index in [2.05, 4.69) is 0 Å². The van der Waals surface area contributed by atoms with E-state index in [-0.39, 0.29) is 25.0 Å². The number of ether oxygens (including phenoxy) is 4. The van der Waals surface area contributed by atoms with E-state index in [0.717, 1.165) is 11.1 Å². The summed E-state index contributed by atoms with van der Waals surface area (Å²) < 4.78 is 22.1. The summed E-state index contributed by atoms with van der Waals surface area (Å²) in [4.78, 5) is 27.8. The van der Waals surface area contributed by atoms with Crippen LogP contribution in [-0.4, -0.2) is 63.1 Å². The summed E-state index contributed by atoms with van der Waals surface area (Å²) in [5, 5.41) is 0. The Bertz CT molecular complexity index is 859. The number of rotatable bonds is 10. The van der Waals surface area contributed by atoms with Crippen LogP contribution in [0.3, 0.4) is 0 Å². The molecular weight excluding hydrogens is 410 g/mol. The average molecular weight is 442 g/mol. The summed E-state index contributed by atoms with van der Waals surface area (Å²) in [7, 11) is 4.68. The van der Waals surface area contributed by atoms with Gasteiger partial charge in [0.1, 0.15) is 18.8 Å². The molecule has 0 saturated carbocycles. The number of esters is 1. The summed E-state index contributed by atoms with van der Waals surface area (Å²) in [6, 6.07) is 19.1. The van der Waals surface area contributed by atoms with Gasteiger partial charge >= 0.3 is 5.97 Å². The second-order valence-corrected chi connectivity index (χ2v) is 7.83. The monoisotopic (exact) mass is 441 g/mol. The van der Waals surface area contributed by atoms with Crippen LogP contribution in [0.4, 0.5) is 0 Å². The molecule has 1 aliphatic heterocycles. The third-order valence-electron chi connectivity index (χ3n) is 5.77. The number of nitrogens with zero attached hydrogens (tertiary/aromatic N) is 1. The molecule has 0 radical (unpaired) electrons. The number of hydrogen-bond donors (Lipinski definition) is 0. The van der Waals surface area contributed by atoms with Crippen LogP contribution in [0.5, 0.6) is 0 Å². The van der Waals surface area contributed by atoms with Gasteiger partial charge in [-0.25, -0.2) is 0 Å². The molecule has 3 rings (SSSR count). The molecule has 1 unspecified atom stereocenters. The molecule has 32 heavy (non-hydrogen) atoms. The van der Waals surface area contributed by atoms with E-state index in [9.17, 15) is 9.59 Å². The van der Waals surface area contributed by atoms with Crippen molar-refractivity contribution in [2.45, 2.75) is 37.9 Å². The van der Waals surface area contributed by atoms with Gasteiger partial charge in [0, 0.05) is 27.8 Å². The molecule has 0 spiro atoms. The molecule has 4 atom stereocenters. The van der Waals surface area contributed by atoms with Gasteiger partial charge in [0.15, 0.2) is 6.23 Å². The van der Waals surface area contributed by atoms with Crippen LogP contribution in [0.1, 0.15) is 17.5 Å². The Balaban J connectivity index is 1.72. The summed E-state index contributed by atoms with van der Waals surface area (Å²) in [5.41, 5.74) is 1.87. The van der Waals surface area contributed by atoms with Gasteiger partial charge in [-0.05, 0) is 17.5 Å². The molecule has 0 aliphatic carbocycles. The molecule has 2 aromatic carbocycles. The Hall–Kier alpha value is -2.74. The predicted octanol–water partition coefficient (Wildman–Crippen LogP) is 2.82. The van der Waals surface area contributed by atoms with Gasteiger partial charge in [0.25, 0.3) is 0 Å². The molecule has 0 bridgehead atoms. The molecule has 1 fully saturated rings. The third kappa shape index (κ3) is 5.94. The number of hydrogen-bond acceptors (Lipinski definition) is 6. The van der Waals surface area contributed by atoms with Crippen LogP contribution in [0, 0.1) is 5.92 Å². The van der Waals surface area contributed by atoms with Crippen LogP contribution >= 0.6 is 0 Å². The summed E-state index contributed by atoms with van der Waals surface area (Å²) in [6.45, 7) is 0.504. The van der Waals surface area contributed by atoms with E-state index in [1.54, 1.807) is 19.1 Å². The first-order valence-corrected chi connectivity index (χ1v) is 10.7. The number of methoxy groups -OCH3 is 3. The van der Waals surface area contributed by atoms with Crippen LogP contribution in [0.25, 0.3) is 0 Å². The first kappa shape index (κ1) is 23.9. The van der Waals surface area contributed by atoms with E-state index >= 15 is 0 Å². The largest absolute Gasteiger partial charge is 0.461 e. The highest BCUT2D eigenvalue weighted by Crippen LogP contribution is 2.26. The maximum atomic E-state index is 13.2. The number of carbonyl (C=O) groups is 2. The third-order valence-corrected chi connectivity index (χ3v) is 5.77. The van der Waals surface area contributed by atoms with E-state index in [1.165, 1.54) is 7.11 Å². The lowest BCUT2D eigenvalue weighted by molar-refractivity contribution is -0.156. The van der Waals surface area contributed by atoms with Crippen molar-refractivity contribution < 1.29 is 28.5 Å². The Morgan fingerprint density at radius 3 is 2.09 bits per heavy atom. The minimum absolute atomic E-state index is 0.00917. The zero-order valence-electron chi connectivity index (χ0n) is 18.8. The minimum Gasteiger partial charge on any atom is -0.461 e. The van der Waals surface area contributed by atoms with Crippen LogP contribution < -0.4 is 0 Å². The summed E-state index contributed by atoms with van der Waals surface area (Å²) >= 11 is 0. The van der Waals surface area contributed by atoms with Gasteiger partial charge in [-0.2, -0.15) is 0 Å². The van der Waals surface area contributed by atoms with Gasteiger partial charge in [0.05, 0.1) is 12.5 Å². The van der Waals surface area contributed by atoms with E-state index in [1.807, 2.05) is 60.7 Å². The molecule has 7 nitrogen and oxygen atoms in total. The Morgan fingerprint density at radius 2 is 1.53 bits per heavy atom. The fraction of sp³-hybridized carbons (Fsp3) is 0.440. The van der Waals surface area contributed by atoms with Crippen LogP contribution in [-0.2, 0) is 41.6 Å². The molecule has 2 aromatic rings. The number of carbonyl (C=O) groups excluding carboxylic acids is 2. The van der Waals surface area contributed by atoms with Crippen molar-refractivity contribution in [2.75, 3.05) is 27.9 Å². The van der Waals surface area contributed by atoms with Gasteiger partial charge in [-0.1, -0.05) is 60.7 Å². The average Bonchev–Trinajstić information content (AvgIpc) is 3.21. The fourth-order valence-corrected chi connectivity index (χ4v) is 4.06. The lowest BCUT2D eigenvalue weighted by atomic mass is 9.95. The lowest BCUT2D eigenvalue weighted by Gasteiger charge is -2.27. The standard InChI is InChI=1S/C25H31NO6/c1-29-21-16-26(24(31-3)23(21)30-2)22(27)15-20(14-18-10-6-4-7-11-18)25(28)32-17-19-12-8-5-9-13-19/h4-13,20-21,23-24H,14-17H2,1-3H3/t20-,21?,23-,24-/m1/s1. The van der Waals surface area contributed by atoms with Crippen molar-refractivity contribution in [2.24, 2.45) is 5.92 Å². The molecule has 0 aromatic heterocycles. The quantitative estimate of drug-likeness (QED) is 0.528. The normalized spacial score (nSPS) is 21.3. The zero-order chi connectivity index (χ0) is 22.9. The SMILES string of the molecule is COC1CN(C(=O)C[C@@H](Cc2ccccc2)C(=O)OCc2ccccc2)[C@H](OC)[C@@H]1OC. The Labute approximate surface area is 189 Å². The first-order chi connectivity index (χ1) is 15.6. The smallest absolute Gasteiger partial charge is 0.310 e. The number of likely N-dealkylation sites (tertiary alicyclic amines) is 1. The topological polar surface area (TPSA) is 74.3 Å². The maximum Gasteiger partial charge on any atom is 0.310 e. The molecule has 1 amide bonds. The van der Waals surface area contributed by atoms with Crippen molar-refractivity contribution >= 4 is 11.9 Å². The second kappa shape index (κ2) is 11.8. The van der Waals surface area contributed by atoms with Crippen molar-refractivity contribution in [3.05, 3.63) is 71.8 Å².